The average molecular weight is 957 g/mol. The van der Waals surface area contributed by atoms with Crippen LogP contribution in [0.1, 0.15) is 322 Å². The van der Waals surface area contributed by atoms with E-state index in [-0.39, 0.29) is 18.5 Å². The zero-order valence-electron chi connectivity index (χ0n) is 45.6. The van der Waals surface area contributed by atoms with Gasteiger partial charge in [0.1, 0.15) is 0 Å². The normalized spacial score (nSPS) is 12.8. The molecule has 0 aliphatic carbocycles. The summed E-state index contributed by atoms with van der Waals surface area (Å²) in [6.07, 6.45) is 71.4. The summed E-state index contributed by atoms with van der Waals surface area (Å²) in [7, 11) is 0. The van der Waals surface area contributed by atoms with E-state index in [1.807, 2.05) is 0 Å². The van der Waals surface area contributed by atoms with Crippen LogP contribution >= 0.6 is 0 Å². The zero-order valence-corrected chi connectivity index (χ0v) is 45.6. The number of hydrogen-bond donors (Lipinski definition) is 3. The summed E-state index contributed by atoms with van der Waals surface area (Å²) in [6.45, 7) is 4.93. The summed E-state index contributed by atoms with van der Waals surface area (Å²) in [6, 6.07) is -0.549. The standard InChI is InChI=1S/C62H117NO5/c1-3-5-7-9-11-13-15-17-27-31-34-38-42-46-50-54-60(65)59(58-64)63-61(66)55-51-47-43-39-35-32-28-25-23-21-19-18-20-22-24-26-29-33-37-41-45-49-53-57-68-62(67)56-52-48-44-40-36-30-16-14-12-10-8-6-4-2/h14,16,18,20-21,23,59-60,64-65H,3-13,15,17,19,22,24-58H2,1-2H3,(H,63,66)/b16-14-,20-18-,23-21-. The average Bonchev–Trinajstić information content (AvgIpc) is 3.34. The second-order valence-corrected chi connectivity index (χ2v) is 20.7. The molecule has 0 rings (SSSR count). The van der Waals surface area contributed by atoms with E-state index in [9.17, 15) is 19.8 Å². The van der Waals surface area contributed by atoms with E-state index in [2.05, 4.69) is 55.6 Å². The maximum Gasteiger partial charge on any atom is 0.305 e. The van der Waals surface area contributed by atoms with Crippen LogP contribution in [-0.2, 0) is 14.3 Å². The second kappa shape index (κ2) is 57.7. The number of ether oxygens (including phenoxy) is 1. The third kappa shape index (κ3) is 53.4. The van der Waals surface area contributed by atoms with Gasteiger partial charge in [-0.1, -0.05) is 262 Å². The molecular weight excluding hydrogens is 839 g/mol. The van der Waals surface area contributed by atoms with E-state index < -0.39 is 12.1 Å². The highest BCUT2D eigenvalue weighted by atomic mass is 16.5. The van der Waals surface area contributed by atoms with Gasteiger partial charge in [-0.25, -0.2) is 0 Å². The van der Waals surface area contributed by atoms with Crippen LogP contribution in [0.3, 0.4) is 0 Å². The van der Waals surface area contributed by atoms with Crippen LogP contribution in [0.2, 0.25) is 0 Å². The first-order valence-corrected chi connectivity index (χ1v) is 30.2. The van der Waals surface area contributed by atoms with Gasteiger partial charge in [0.05, 0.1) is 25.4 Å². The Morgan fingerprint density at radius 1 is 0.412 bits per heavy atom. The molecule has 6 heteroatoms. The largest absolute Gasteiger partial charge is 0.466 e. The molecule has 0 radical (unpaired) electrons. The predicted molar refractivity (Wildman–Crippen MR) is 296 cm³/mol. The van der Waals surface area contributed by atoms with Gasteiger partial charge in [-0.2, -0.15) is 0 Å². The van der Waals surface area contributed by atoms with Crippen molar-refractivity contribution in [2.24, 2.45) is 0 Å². The van der Waals surface area contributed by atoms with Crippen molar-refractivity contribution >= 4 is 11.9 Å². The Hall–Kier alpha value is -1.92. The SMILES string of the molecule is CCCCCC/C=C\CCCCCCCC(=O)OCCCCCCCCCCC/C=C\C/C=C\CCCCCCCCCC(=O)NC(CO)C(O)CCCCCCCCCCCCCCCCC. The van der Waals surface area contributed by atoms with E-state index in [1.54, 1.807) is 0 Å². The van der Waals surface area contributed by atoms with Crippen molar-refractivity contribution in [2.45, 2.75) is 334 Å². The Morgan fingerprint density at radius 3 is 1.15 bits per heavy atom. The molecule has 0 bridgehead atoms. The van der Waals surface area contributed by atoms with Gasteiger partial charge in [0.2, 0.25) is 5.91 Å². The summed E-state index contributed by atoms with van der Waals surface area (Å²) < 4.78 is 5.46. The number of allylic oxidation sites excluding steroid dienone is 6. The number of esters is 1. The van der Waals surface area contributed by atoms with Gasteiger partial charge >= 0.3 is 5.97 Å². The van der Waals surface area contributed by atoms with Crippen molar-refractivity contribution < 1.29 is 24.5 Å². The minimum atomic E-state index is -0.671. The lowest BCUT2D eigenvalue weighted by molar-refractivity contribution is -0.143. The van der Waals surface area contributed by atoms with Gasteiger partial charge in [-0.15, -0.1) is 0 Å². The Balaban J connectivity index is 3.45. The zero-order chi connectivity index (χ0) is 49.3. The number of amides is 1. The van der Waals surface area contributed by atoms with Gasteiger partial charge in [0.15, 0.2) is 0 Å². The number of carbonyl (C=O) groups excluding carboxylic acids is 2. The van der Waals surface area contributed by atoms with E-state index >= 15 is 0 Å². The van der Waals surface area contributed by atoms with Crippen molar-refractivity contribution in [3.63, 3.8) is 0 Å². The van der Waals surface area contributed by atoms with Gasteiger partial charge < -0.3 is 20.3 Å². The topological polar surface area (TPSA) is 95.9 Å². The first-order valence-electron chi connectivity index (χ1n) is 30.2. The molecule has 1 amide bonds. The first-order chi connectivity index (χ1) is 33.5. The maximum atomic E-state index is 12.5. The quantitative estimate of drug-likeness (QED) is 0.0321. The monoisotopic (exact) mass is 956 g/mol. The summed E-state index contributed by atoms with van der Waals surface area (Å²) in [5.41, 5.74) is 0. The summed E-state index contributed by atoms with van der Waals surface area (Å²) in [5, 5.41) is 23.3. The maximum absolute atomic E-state index is 12.5. The number of nitrogens with one attached hydrogen (secondary N) is 1. The van der Waals surface area contributed by atoms with Crippen LogP contribution in [0, 0.1) is 0 Å². The van der Waals surface area contributed by atoms with Gasteiger partial charge in [-0.05, 0) is 83.5 Å². The molecular formula is C62H117NO5. The summed E-state index contributed by atoms with van der Waals surface area (Å²) in [5.74, 6) is -0.0467. The molecule has 6 nitrogen and oxygen atoms in total. The number of carbonyl (C=O) groups is 2. The highest BCUT2D eigenvalue weighted by Crippen LogP contribution is 2.17. The number of aliphatic hydroxyl groups excluding tert-OH is 2. The van der Waals surface area contributed by atoms with Crippen LogP contribution < -0.4 is 5.32 Å². The Morgan fingerprint density at radius 2 is 0.735 bits per heavy atom. The van der Waals surface area contributed by atoms with Crippen LogP contribution in [0.4, 0.5) is 0 Å². The van der Waals surface area contributed by atoms with Crippen molar-refractivity contribution in [1.82, 2.24) is 5.32 Å². The summed E-state index contributed by atoms with van der Waals surface area (Å²) >= 11 is 0. The van der Waals surface area contributed by atoms with E-state index in [4.69, 9.17) is 4.74 Å². The number of aliphatic hydroxyl groups is 2. The van der Waals surface area contributed by atoms with Crippen LogP contribution in [0.25, 0.3) is 0 Å². The molecule has 0 saturated heterocycles. The lowest BCUT2D eigenvalue weighted by Gasteiger charge is -2.22. The van der Waals surface area contributed by atoms with Gasteiger partial charge in [-0.3, -0.25) is 9.59 Å². The Kier molecular flexibility index (Phi) is 56.0. The molecule has 0 spiro atoms. The predicted octanol–water partition coefficient (Wildman–Crippen LogP) is 18.8. The molecule has 400 valence electrons. The second-order valence-electron chi connectivity index (χ2n) is 20.7. The molecule has 0 fully saturated rings. The van der Waals surface area contributed by atoms with Crippen LogP contribution in [-0.4, -0.2) is 47.4 Å². The van der Waals surface area contributed by atoms with Gasteiger partial charge in [0, 0.05) is 12.8 Å². The summed E-state index contributed by atoms with van der Waals surface area (Å²) in [4.78, 5) is 24.5. The molecule has 0 aromatic carbocycles. The number of unbranched alkanes of at least 4 members (excludes halogenated alkanes) is 39. The van der Waals surface area contributed by atoms with Crippen LogP contribution in [0.15, 0.2) is 36.5 Å². The minimum absolute atomic E-state index is 0.00229. The van der Waals surface area contributed by atoms with E-state index in [0.717, 1.165) is 57.8 Å². The molecule has 0 heterocycles. The van der Waals surface area contributed by atoms with Gasteiger partial charge in [0.25, 0.3) is 0 Å². The lowest BCUT2D eigenvalue weighted by Crippen LogP contribution is -2.45. The third-order valence-electron chi connectivity index (χ3n) is 13.9. The Bertz CT molecular complexity index is 1100. The fraction of sp³-hybridized carbons (Fsp3) is 0.871. The van der Waals surface area contributed by atoms with Crippen molar-refractivity contribution in [2.75, 3.05) is 13.2 Å². The lowest BCUT2D eigenvalue weighted by atomic mass is 10.0. The fourth-order valence-corrected chi connectivity index (χ4v) is 9.25. The van der Waals surface area contributed by atoms with Crippen molar-refractivity contribution in [1.29, 1.82) is 0 Å². The first kappa shape index (κ1) is 66.1. The molecule has 68 heavy (non-hydrogen) atoms. The number of rotatable bonds is 56. The van der Waals surface area contributed by atoms with E-state index in [0.29, 0.717) is 25.9 Å². The van der Waals surface area contributed by atoms with E-state index in [1.165, 1.54) is 231 Å². The molecule has 0 saturated carbocycles. The van der Waals surface area contributed by atoms with Crippen LogP contribution in [0.5, 0.6) is 0 Å². The molecule has 0 aromatic heterocycles. The molecule has 0 aliphatic heterocycles. The number of hydrogen-bond acceptors (Lipinski definition) is 5. The minimum Gasteiger partial charge on any atom is -0.466 e. The molecule has 2 unspecified atom stereocenters. The highest BCUT2D eigenvalue weighted by molar-refractivity contribution is 5.76. The third-order valence-corrected chi connectivity index (χ3v) is 13.9. The Labute approximate surface area is 424 Å². The van der Waals surface area contributed by atoms with Crippen molar-refractivity contribution in [3.05, 3.63) is 36.5 Å². The smallest absolute Gasteiger partial charge is 0.305 e. The molecule has 2 atom stereocenters. The highest BCUT2D eigenvalue weighted by Gasteiger charge is 2.20. The molecule has 3 N–H and O–H groups in total. The molecule has 0 aromatic rings. The molecule has 0 aliphatic rings. The van der Waals surface area contributed by atoms with Crippen molar-refractivity contribution in [3.8, 4) is 0 Å². The fourth-order valence-electron chi connectivity index (χ4n) is 9.25.